The van der Waals surface area contributed by atoms with Gasteiger partial charge in [0.1, 0.15) is 0 Å². The predicted molar refractivity (Wildman–Crippen MR) is 72.5 cm³/mol. The summed E-state index contributed by atoms with van der Waals surface area (Å²) in [6.45, 7) is 4.97. The molecule has 0 aromatic carbocycles. The lowest BCUT2D eigenvalue weighted by molar-refractivity contribution is -0.138. The Kier molecular flexibility index (Phi) is 4.15. The van der Waals surface area contributed by atoms with Crippen molar-refractivity contribution in [2.75, 3.05) is 6.54 Å². The number of hydrogen-bond donors (Lipinski definition) is 1. The molecule has 0 radical (unpaired) electrons. The molecule has 2 heterocycles. The highest BCUT2D eigenvalue weighted by atomic mass is 16.4. The summed E-state index contributed by atoms with van der Waals surface area (Å²) in [6, 6.07) is 3.47. The molecule has 0 aromatic rings. The standard InChI is InChI=1S/C15H24N2O2/c1-15(2,10-16)5-6-17-12-3-4-13(17)8-11(7-12)9-14(18)19/h11-13H,3-9H2,1-2H3,(H,18,19). The van der Waals surface area contributed by atoms with E-state index in [1.54, 1.807) is 0 Å². The smallest absolute Gasteiger partial charge is 0.303 e. The monoisotopic (exact) mass is 264 g/mol. The lowest BCUT2D eigenvalue weighted by atomic mass is 9.86. The highest BCUT2D eigenvalue weighted by Crippen LogP contribution is 2.40. The highest BCUT2D eigenvalue weighted by Gasteiger charge is 2.41. The number of piperidine rings is 1. The van der Waals surface area contributed by atoms with Gasteiger partial charge in [-0.3, -0.25) is 9.69 Å². The molecule has 19 heavy (non-hydrogen) atoms. The number of nitrogens with zero attached hydrogens (tertiary/aromatic N) is 2. The number of rotatable bonds is 5. The van der Waals surface area contributed by atoms with E-state index in [9.17, 15) is 4.79 Å². The summed E-state index contributed by atoms with van der Waals surface area (Å²) in [5.41, 5.74) is -0.253. The summed E-state index contributed by atoms with van der Waals surface area (Å²) in [4.78, 5) is 13.4. The van der Waals surface area contributed by atoms with Gasteiger partial charge in [0.2, 0.25) is 0 Å². The zero-order valence-electron chi connectivity index (χ0n) is 11.9. The summed E-state index contributed by atoms with van der Waals surface area (Å²) >= 11 is 0. The largest absolute Gasteiger partial charge is 0.481 e. The van der Waals surface area contributed by atoms with Crippen LogP contribution in [-0.4, -0.2) is 34.6 Å². The van der Waals surface area contributed by atoms with E-state index in [4.69, 9.17) is 10.4 Å². The molecule has 0 aromatic heterocycles. The van der Waals surface area contributed by atoms with E-state index in [-0.39, 0.29) is 5.41 Å². The summed E-state index contributed by atoms with van der Waals surface area (Å²) in [7, 11) is 0. The van der Waals surface area contributed by atoms with Crippen molar-refractivity contribution in [2.24, 2.45) is 11.3 Å². The van der Waals surface area contributed by atoms with Gasteiger partial charge in [-0.25, -0.2) is 0 Å². The van der Waals surface area contributed by atoms with Gasteiger partial charge in [-0.15, -0.1) is 0 Å². The van der Waals surface area contributed by atoms with Crippen LogP contribution < -0.4 is 0 Å². The van der Waals surface area contributed by atoms with Crippen molar-refractivity contribution in [3.8, 4) is 6.07 Å². The van der Waals surface area contributed by atoms with E-state index in [2.05, 4.69) is 11.0 Å². The van der Waals surface area contributed by atoms with Crippen LogP contribution in [0.3, 0.4) is 0 Å². The quantitative estimate of drug-likeness (QED) is 0.829. The van der Waals surface area contributed by atoms with Gasteiger partial charge in [0.05, 0.1) is 11.5 Å². The van der Waals surface area contributed by atoms with Crippen molar-refractivity contribution in [3.05, 3.63) is 0 Å². The Morgan fingerprint density at radius 2 is 1.95 bits per heavy atom. The SMILES string of the molecule is CC(C)(C#N)CCN1C2CCC1CC(CC(=O)O)C2. The minimum Gasteiger partial charge on any atom is -0.481 e. The van der Waals surface area contributed by atoms with E-state index < -0.39 is 5.97 Å². The zero-order chi connectivity index (χ0) is 14.0. The maximum Gasteiger partial charge on any atom is 0.303 e. The molecule has 0 amide bonds. The van der Waals surface area contributed by atoms with Crippen molar-refractivity contribution in [2.45, 2.75) is 64.5 Å². The van der Waals surface area contributed by atoms with Crippen LogP contribution in [0.5, 0.6) is 0 Å². The molecule has 4 heteroatoms. The molecule has 0 aliphatic carbocycles. The van der Waals surface area contributed by atoms with Crippen molar-refractivity contribution in [1.29, 1.82) is 5.26 Å². The first kappa shape index (κ1) is 14.3. The molecule has 4 nitrogen and oxygen atoms in total. The molecule has 2 atom stereocenters. The average Bonchev–Trinajstić information content (AvgIpc) is 2.56. The first-order valence-electron chi connectivity index (χ1n) is 7.30. The van der Waals surface area contributed by atoms with Gasteiger partial charge < -0.3 is 5.11 Å². The number of aliphatic carboxylic acids is 1. The van der Waals surface area contributed by atoms with Gasteiger partial charge in [0.15, 0.2) is 0 Å². The van der Waals surface area contributed by atoms with Gasteiger partial charge in [-0.2, -0.15) is 5.26 Å². The normalized spacial score (nSPS) is 31.1. The van der Waals surface area contributed by atoms with Crippen molar-refractivity contribution >= 4 is 5.97 Å². The van der Waals surface area contributed by atoms with Crippen LogP contribution in [0.4, 0.5) is 0 Å². The van der Waals surface area contributed by atoms with E-state index in [0.29, 0.717) is 24.4 Å². The first-order valence-corrected chi connectivity index (χ1v) is 7.30. The molecule has 106 valence electrons. The Morgan fingerprint density at radius 1 is 1.37 bits per heavy atom. The van der Waals surface area contributed by atoms with Crippen LogP contribution in [0.15, 0.2) is 0 Å². The zero-order valence-corrected chi connectivity index (χ0v) is 11.9. The van der Waals surface area contributed by atoms with Crippen molar-refractivity contribution < 1.29 is 9.90 Å². The van der Waals surface area contributed by atoms with Crippen LogP contribution in [0, 0.1) is 22.7 Å². The van der Waals surface area contributed by atoms with Gasteiger partial charge >= 0.3 is 5.97 Å². The number of fused-ring (bicyclic) bond motifs is 2. The Labute approximate surface area is 115 Å². The van der Waals surface area contributed by atoms with Gasteiger partial charge in [-0.05, 0) is 51.9 Å². The maximum absolute atomic E-state index is 10.8. The fourth-order valence-electron chi connectivity index (χ4n) is 3.63. The second-order valence-corrected chi connectivity index (χ2v) is 6.80. The third-order valence-electron chi connectivity index (χ3n) is 4.74. The number of nitriles is 1. The molecule has 0 spiro atoms. The Balaban J connectivity index is 1.89. The number of carboxylic acid groups (broad SMARTS) is 1. The van der Waals surface area contributed by atoms with Crippen LogP contribution in [0.1, 0.15) is 52.4 Å². The Hall–Kier alpha value is -1.08. The lowest BCUT2D eigenvalue weighted by Crippen LogP contribution is -2.44. The third kappa shape index (κ3) is 3.48. The van der Waals surface area contributed by atoms with Crippen LogP contribution in [0.2, 0.25) is 0 Å². The molecular weight excluding hydrogens is 240 g/mol. The summed E-state index contributed by atoms with van der Waals surface area (Å²) in [5, 5.41) is 18.0. The summed E-state index contributed by atoms with van der Waals surface area (Å²) < 4.78 is 0. The molecule has 2 aliphatic heterocycles. The molecule has 1 N–H and O–H groups in total. The molecule has 2 saturated heterocycles. The van der Waals surface area contributed by atoms with E-state index in [1.807, 2.05) is 13.8 Å². The number of carbonyl (C=O) groups is 1. The summed E-state index contributed by atoms with van der Waals surface area (Å²) in [5.74, 6) is -0.307. The minimum atomic E-state index is -0.663. The van der Waals surface area contributed by atoms with E-state index in [1.165, 1.54) is 12.8 Å². The number of hydrogen-bond acceptors (Lipinski definition) is 3. The molecule has 0 saturated carbocycles. The van der Waals surface area contributed by atoms with E-state index in [0.717, 1.165) is 25.8 Å². The second-order valence-electron chi connectivity index (χ2n) is 6.80. The van der Waals surface area contributed by atoms with Crippen LogP contribution >= 0.6 is 0 Å². The topological polar surface area (TPSA) is 64.3 Å². The molecule has 2 rings (SSSR count). The highest BCUT2D eigenvalue weighted by molar-refractivity contribution is 5.67. The lowest BCUT2D eigenvalue weighted by Gasteiger charge is -2.39. The molecule has 2 unspecified atom stereocenters. The molecular formula is C15H24N2O2. The minimum absolute atomic E-state index is 0.253. The fraction of sp³-hybridized carbons (Fsp3) is 0.867. The second kappa shape index (κ2) is 5.50. The maximum atomic E-state index is 10.8. The third-order valence-corrected chi connectivity index (χ3v) is 4.74. The molecule has 2 aliphatic rings. The molecule has 2 fully saturated rings. The first-order chi connectivity index (χ1) is 8.91. The van der Waals surface area contributed by atoms with Gasteiger partial charge in [0.25, 0.3) is 0 Å². The molecule has 2 bridgehead atoms. The van der Waals surface area contributed by atoms with Gasteiger partial charge in [-0.1, -0.05) is 0 Å². The Morgan fingerprint density at radius 3 is 2.42 bits per heavy atom. The van der Waals surface area contributed by atoms with Crippen LogP contribution in [0.25, 0.3) is 0 Å². The predicted octanol–water partition coefficient (Wildman–Crippen LogP) is 2.64. The summed E-state index contributed by atoms with van der Waals surface area (Å²) in [6.07, 6.45) is 5.68. The van der Waals surface area contributed by atoms with Gasteiger partial charge in [0, 0.05) is 25.0 Å². The number of carboxylic acids is 1. The van der Waals surface area contributed by atoms with Crippen LogP contribution in [-0.2, 0) is 4.79 Å². The average molecular weight is 264 g/mol. The fourth-order valence-corrected chi connectivity index (χ4v) is 3.63. The van der Waals surface area contributed by atoms with Crippen molar-refractivity contribution in [3.63, 3.8) is 0 Å². The van der Waals surface area contributed by atoms with E-state index >= 15 is 0 Å². The Bertz CT molecular complexity index is 372. The van der Waals surface area contributed by atoms with Crippen molar-refractivity contribution in [1.82, 2.24) is 4.90 Å².